The number of methoxy groups -OCH3 is 2. The number of fused-ring (bicyclic) bond motifs is 1. The number of Topliss-reactive ketones (excluding diaryl/α,β-unsaturated/α-hetero) is 1. The van der Waals surface area contributed by atoms with Crippen LogP contribution in [0.1, 0.15) is 13.0 Å². The smallest absolute Gasteiger partial charge is 0.284 e. The summed E-state index contributed by atoms with van der Waals surface area (Å²) in [6, 6.07) is 3.73. The van der Waals surface area contributed by atoms with Gasteiger partial charge in [0.05, 0.1) is 19.9 Å². The van der Waals surface area contributed by atoms with Crippen molar-refractivity contribution >= 4 is 22.9 Å². The van der Waals surface area contributed by atoms with Crippen LogP contribution in [0.4, 0.5) is 0 Å². The maximum atomic E-state index is 12.9. The largest absolute Gasteiger partial charge is 0.493 e. The summed E-state index contributed by atoms with van der Waals surface area (Å²) in [7, 11) is 6.03. The van der Waals surface area contributed by atoms with Crippen molar-refractivity contribution in [1.29, 1.82) is 0 Å². The van der Waals surface area contributed by atoms with E-state index in [0.717, 1.165) is 10.9 Å². The van der Waals surface area contributed by atoms with Crippen LogP contribution in [0.3, 0.4) is 0 Å². The zero-order chi connectivity index (χ0) is 21.3. The monoisotopic (exact) mass is 400 g/mol. The number of hydrogen-bond acceptors (Lipinski definition) is 8. The molecular weight excluding hydrogens is 380 g/mol. The van der Waals surface area contributed by atoms with E-state index >= 15 is 0 Å². The van der Waals surface area contributed by atoms with Crippen molar-refractivity contribution in [3.8, 4) is 17.2 Å². The Balaban J connectivity index is 2.15. The average Bonchev–Trinajstić information content (AvgIpc) is 3.13. The van der Waals surface area contributed by atoms with Crippen LogP contribution in [0.15, 0.2) is 29.3 Å². The molecule has 0 saturated carbocycles. The minimum atomic E-state index is -1.32. The molecule has 0 aliphatic rings. The second kappa shape index (κ2) is 7.70. The van der Waals surface area contributed by atoms with E-state index in [2.05, 4.69) is 15.3 Å². The van der Waals surface area contributed by atoms with E-state index in [1.54, 1.807) is 18.2 Å². The maximum Gasteiger partial charge on any atom is 0.284 e. The highest BCUT2D eigenvalue weighted by Gasteiger charge is 2.29. The third-order valence-electron chi connectivity index (χ3n) is 4.34. The summed E-state index contributed by atoms with van der Waals surface area (Å²) in [6.45, 7) is 1.24. The molecule has 1 amide bonds. The predicted molar refractivity (Wildman–Crippen MR) is 102 cm³/mol. The molecule has 0 spiro atoms. The Labute approximate surface area is 165 Å². The number of nitrogens with zero attached hydrogens (tertiary/aromatic N) is 6. The molecule has 0 unspecified atom stereocenters. The van der Waals surface area contributed by atoms with E-state index < -0.39 is 23.3 Å². The van der Waals surface area contributed by atoms with Crippen molar-refractivity contribution in [2.75, 3.05) is 28.3 Å². The van der Waals surface area contributed by atoms with Crippen LogP contribution < -0.4 is 15.0 Å². The van der Waals surface area contributed by atoms with E-state index in [1.807, 2.05) is 0 Å². The number of ether oxygens (including phenoxy) is 2. The van der Waals surface area contributed by atoms with Gasteiger partial charge in [0.15, 0.2) is 34.5 Å². The first-order chi connectivity index (χ1) is 13.8. The summed E-state index contributed by atoms with van der Waals surface area (Å²) >= 11 is 0. The van der Waals surface area contributed by atoms with E-state index in [1.165, 1.54) is 44.8 Å². The number of benzene rings is 1. The van der Waals surface area contributed by atoms with Gasteiger partial charge in [-0.3, -0.25) is 19.0 Å². The molecule has 2 aromatic heterocycles. The Bertz CT molecular complexity index is 1150. The molecule has 3 rings (SSSR count). The molecule has 152 valence electrons. The Morgan fingerprint density at radius 2 is 1.83 bits per heavy atom. The number of hydrogen-bond donors (Lipinski definition) is 0. The zero-order valence-corrected chi connectivity index (χ0v) is 16.6. The lowest BCUT2D eigenvalue weighted by Gasteiger charge is -2.19. The fraction of sp³-hybridized carbons (Fsp3) is 0.333. The van der Waals surface area contributed by atoms with E-state index in [-0.39, 0.29) is 11.2 Å². The molecule has 0 saturated heterocycles. The highest BCUT2D eigenvalue weighted by molar-refractivity contribution is 6.02. The molecule has 1 atom stereocenters. The van der Waals surface area contributed by atoms with Gasteiger partial charge >= 0.3 is 0 Å². The molecule has 29 heavy (non-hydrogen) atoms. The molecule has 0 bridgehead atoms. The van der Waals surface area contributed by atoms with E-state index in [9.17, 15) is 14.4 Å². The third-order valence-corrected chi connectivity index (χ3v) is 4.34. The number of ketones is 1. The van der Waals surface area contributed by atoms with Crippen LogP contribution in [0.25, 0.3) is 16.9 Å². The first-order valence-electron chi connectivity index (χ1n) is 8.56. The Hall–Kier alpha value is -3.76. The summed E-state index contributed by atoms with van der Waals surface area (Å²) < 4.78 is 12.8. The molecule has 3 aromatic rings. The second-order valence-electron chi connectivity index (χ2n) is 6.42. The summed E-state index contributed by atoms with van der Waals surface area (Å²) in [5, 5.41) is 7.90. The molecule has 0 fully saturated rings. The SMILES string of the molecule is COc1ccc(-n2nnc3c(=O)n([C@@H](C(C)=O)C(=O)N(C)C)cnc32)cc1OC. The first kappa shape index (κ1) is 20.0. The van der Waals surface area contributed by atoms with Gasteiger partial charge in [0.1, 0.15) is 6.33 Å². The summed E-state index contributed by atoms with van der Waals surface area (Å²) in [6.07, 6.45) is 1.15. The van der Waals surface area contributed by atoms with Crippen molar-refractivity contribution in [1.82, 2.24) is 29.4 Å². The summed E-state index contributed by atoms with van der Waals surface area (Å²) in [4.78, 5) is 42.8. The van der Waals surface area contributed by atoms with Gasteiger partial charge in [-0.25, -0.2) is 4.98 Å². The zero-order valence-electron chi connectivity index (χ0n) is 16.6. The molecule has 0 radical (unpaired) electrons. The van der Waals surface area contributed by atoms with Gasteiger partial charge in [-0.1, -0.05) is 5.21 Å². The average molecular weight is 400 g/mol. The van der Waals surface area contributed by atoms with Gasteiger partial charge in [-0.05, 0) is 19.1 Å². The van der Waals surface area contributed by atoms with Crippen molar-refractivity contribution in [2.24, 2.45) is 0 Å². The Morgan fingerprint density at radius 1 is 1.14 bits per heavy atom. The topological polar surface area (TPSA) is 121 Å². The minimum absolute atomic E-state index is 0.0694. The predicted octanol–water partition coefficient (Wildman–Crippen LogP) is 0.213. The number of aromatic nitrogens is 5. The lowest BCUT2D eigenvalue weighted by Crippen LogP contribution is -2.40. The lowest BCUT2D eigenvalue weighted by atomic mass is 10.2. The van der Waals surface area contributed by atoms with Crippen molar-refractivity contribution in [3.05, 3.63) is 34.9 Å². The third kappa shape index (κ3) is 3.42. The van der Waals surface area contributed by atoms with Crippen LogP contribution in [0, 0.1) is 0 Å². The standard InChI is InChI=1S/C18H20N6O5/c1-10(25)15(18(27)22(2)3)23-9-19-16-14(17(23)26)20-21-24(16)11-6-7-12(28-4)13(8-11)29-5/h6-9,15H,1-5H3/t15-/m0/s1. The van der Waals surface area contributed by atoms with Gasteiger partial charge < -0.3 is 14.4 Å². The normalized spacial score (nSPS) is 11.9. The van der Waals surface area contributed by atoms with Crippen LogP contribution in [0.5, 0.6) is 11.5 Å². The van der Waals surface area contributed by atoms with Crippen LogP contribution in [0.2, 0.25) is 0 Å². The van der Waals surface area contributed by atoms with E-state index in [4.69, 9.17) is 9.47 Å². The Kier molecular flexibility index (Phi) is 5.31. The van der Waals surface area contributed by atoms with Gasteiger partial charge in [0.2, 0.25) is 0 Å². The lowest BCUT2D eigenvalue weighted by molar-refractivity contribution is -0.137. The maximum absolute atomic E-state index is 12.9. The fourth-order valence-corrected chi connectivity index (χ4v) is 2.87. The Morgan fingerprint density at radius 3 is 2.41 bits per heavy atom. The van der Waals surface area contributed by atoms with Crippen molar-refractivity contribution in [2.45, 2.75) is 13.0 Å². The van der Waals surface area contributed by atoms with Gasteiger partial charge in [0.25, 0.3) is 11.5 Å². The number of likely N-dealkylation sites (N-methyl/N-ethyl adjacent to an activating group) is 1. The van der Waals surface area contributed by atoms with Gasteiger partial charge in [0, 0.05) is 20.2 Å². The van der Waals surface area contributed by atoms with Crippen LogP contribution in [-0.4, -0.2) is 69.5 Å². The number of carbonyl (C=O) groups is 2. The van der Waals surface area contributed by atoms with E-state index in [0.29, 0.717) is 17.2 Å². The molecule has 11 heteroatoms. The highest BCUT2D eigenvalue weighted by Crippen LogP contribution is 2.29. The minimum Gasteiger partial charge on any atom is -0.493 e. The van der Waals surface area contributed by atoms with Crippen LogP contribution in [-0.2, 0) is 9.59 Å². The van der Waals surface area contributed by atoms with Crippen molar-refractivity contribution in [3.63, 3.8) is 0 Å². The molecule has 0 N–H and O–H groups in total. The second-order valence-corrected chi connectivity index (χ2v) is 6.42. The molecule has 2 heterocycles. The molecule has 0 aliphatic heterocycles. The highest BCUT2D eigenvalue weighted by atomic mass is 16.5. The summed E-state index contributed by atoms with van der Waals surface area (Å²) in [5.41, 5.74) is 0.0116. The van der Waals surface area contributed by atoms with Gasteiger partial charge in [-0.2, -0.15) is 4.68 Å². The number of amides is 1. The molecule has 1 aromatic carbocycles. The summed E-state index contributed by atoms with van der Waals surface area (Å²) in [5.74, 6) is -0.0232. The number of carbonyl (C=O) groups excluding carboxylic acids is 2. The number of rotatable bonds is 6. The molecular formula is C18H20N6O5. The van der Waals surface area contributed by atoms with Crippen molar-refractivity contribution < 1.29 is 19.1 Å². The molecule has 11 nitrogen and oxygen atoms in total. The molecule has 0 aliphatic carbocycles. The quantitative estimate of drug-likeness (QED) is 0.539. The fourth-order valence-electron chi connectivity index (χ4n) is 2.87. The van der Waals surface area contributed by atoms with Gasteiger partial charge in [-0.15, -0.1) is 5.10 Å². The van der Waals surface area contributed by atoms with Crippen LogP contribution >= 0.6 is 0 Å². The first-order valence-corrected chi connectivity index (χ1v) is 8.56.